The van der Waals surface area contributed by atoms with Gasteiger partial charge in [0.1, 0.15) is 10.7 Å². The summed E-state index contributed by atoms with van der Waals surface area (Å²) in [5, 5.41) is 0. The molecule has 0 spiro atoms. The van der Waals surface area contributed by atoms with Crippen LogP contribution in [0.1, 0.15) is 36.8 Å². The average Bonchev–Trinajstić information content (AvgIpc) is 2.72. The number of hydrogen-bond acceptors (Lipinski definition) is 4. The van der Waals surface area contributed by atoms with Crippen LogP contribution < -0.4 is 10.5 Å². The summed E-state index contributed by atoms with van der Waals surface area (Å²) >= 11 is 5.35. The molecular formula is C22H25N3OS. The van der Waals surface area contributed by atoms with E-state index >= 15 is 0 Å². The molecule has 1 aromatic heterocycles. The van der Waals surface area contributed by atoms with Crippen LogP contribution in [0, 0.1) is 0 Å². The normalized spacial score (nSPS) is 14.0. The number of pyridine rings is 1. The van der Waals surface area contributed by atoms with Crippen LogP contribution in [0.15, 0.2) is 66.6 Å². The lowest BCUT2D eigenvalue weighted by Crippen LogP contribution is -2.27. The standard InChI is InChI=1S/C22H25N3OS/c1-16(18-9-11-19(26-2)12-10-18)25(15-17-6-5-13-24-14-17)21-8-4-3-7-20(21)22(23)27/h5-6,9-14H,1,3-4,7-8,15H2,2H3,(H2,23,27). The van der Waals surface area contributed by atoms with Crippen molar-refractivity contribution in [1.82, 2.24) is 9.88 Å². The Balaban J connectivity index is 2.00. The lowest BCUT2D eigenvalue weighted by Gasteiger charge is -2.34. The summed E-state index contributed by atoms with van der Waals surface area (Å²) in [6.07, 6.45) is 7.78. The maximum atomic E-state index is 6.05. The van der Waals surface area contributed by atoms with E-state index < -0.39 is 0 Å². The van der Waals surface area contributed by atoms with Crippen molar-refractivity contribution in [3.63, 3.8) is 0 Å². The van der Waals surface area contributed by atoms with Crippen molar-refractivity contribution in [3.05, 3.63) is 77.8 Å². The fourth-order valence-electron chi connectivity index (χ4n) is 3.42. The summed E-state index contributed by atoms with van der Waals surface area (Å²) in [5.41, 5.74) is 11.4. The van der Waals surface area contributed by atoms with Gasteiger partial charge in [0.05, 0.1) is 7.11 Å². The molecule has 0 radical (unpaired) electrons. The molecule has 4 nitrogen and oxygen atoms in total. The minimum atomic E-state index is 0.489. The second-order valence-corrected chi connectivity index (χ2v) is 7.06. The zero-order chi connectivity index (χ0) is 19.2. The first-order valence-corrected chi connectivity index (χ1v) is 9.52. The molecule has 5 heteroatoms. The number of nitrogens with two attached hydrogens (primary N) is 1. The molecule has 0 unspecified atom stereocenters. The molecule has 0 bridgehead atoms. The van der Waals surface area contributed by atoms with Gasteiger partial charge in [-0.05, 0) is 67.1 Å². The SMILES string of the molecule is C=C(c1ccc(OC)cc1)N(Cc1cccnc1)C1=C(C(N)=S)CCCC1. The highest BCUT2D eigenvalue weighted by atomic mass is 32.1. The number of ether oxygens (including phenoxy) is 1. The first-order chi connectivity index (χ1) is 13.1. The van der Waals surface area contributed by atoms with E-state index in [2.05, 4.69) is 22.5 Å². The van der Waals surface area contributed by atoms with Crippen LogP contribution in [0.4, 0.5) is 0 Å². The maximum absolute atomic E-state index is 6.05. The second kappa shape index (κ2) is 8.82. The Kier molecular flexibility index (Phi) is 6.24. The van der Waals surface area contributed by atoms with Gasteiger partial charge in [-0.15, -0.1) is 0 Å². The maximum Gasteiger partial charge on any atom is 0.118 e. The summed E-state index contributed by atoms with van der Waals surface area (Å²) in [4.78, 5) is 6.98. The Bertz CT molecular complexity index is 844. The van der Waals surface area contributed by atoms with E-state index in [4.69, 9.17) is 22.7 Å². The molecule has 0 saturated heterocycles. The molecule has 0 atom stereocenters. The van der Waals surface area contributed by atoms with Crippen molar-refractivity contribution in [3.8, 4) is 5.75 Å². The Morgan fingerprint density at radius 2 is 1.96 bits per heavy atom. The van der Waals surface area contributed by atoms with Crippen LogP contribution in [-0.2, 0) is 6.54 Å². The van der Waals surface area contributed by atoms with Crippen LogP contribution in [0.2, 0.25) is 0 Å². The van der Waals surface area contributed by atoms with E-state index in [1.165, 1.54) is 5.70 Å². The highest BCUT2D eigenvalue weighted by molar-refractivity contribution is 7.80. The van der Waals surface area contributed by atoms with E-state index in [-0.39, 0.29) is 0 Å². The summed E-state index contributed by atoms with van der Waals surface area (Å²) in [6.45, 7) is 5.07. The molecule has 1 aliphatic rings. The predicted octanol–water partition coefficient (Wildman–Crippen LogP) is 4.68. The van der Waals surface area contributed by atoms with E-state index in [9.17, 15) is 0 Å². The number of rotatable bonds is 7. The Labute approximate surface area is 166 Å². The third-order valence-corrected chi connectivity index (χ3v) is 5.12. The van der Waals surface area contributed by atoms with Crippen molar-refractivity contribution < 1.29 is 4.74 Å². The van der Waals surface area contributed by atoms with Gasteiger partial charge < -0.3 is 15.4 Å². The highest BCUT2D eigenvalue weighted by Crippen LogP contribution is 2.34. The van der Waals surface area contributed by atoms with Crippen LogP contribution >= 0.6 is 12.2 Å². The van der Waals surface area contributed by atoms with E-state index in [0.717, 1.165) is 53.8 Å². The molecular weight excluding hydrogens is 354 g/mol. The van der Waals surface area contributed by atoms with E-state index in [0.29, 0.717) is 11.5 Å². The first-order valence-electron chi connectivity index (χ1n) is 9.11. The van der Waals surface area contributed by atoms with Crippen LogP contribution in [-0.4, -0.2) is 22.0 Å². The minimum Gasteiger partial charge on any atom is -0.497 e. The number of thiocarbonyl (C=S) groups is 1. The Morgan fingerprint density at radius 3 is 2.59 bits per heavy atom. The zero-order valence-electron chi connectivity index (χ0n) is 15.6. The second-order valence-electron chi connectivity index (χ2n) is 6.62. The Hall–Kier alpha value is -2.66. The molecule has 2 N–H and O–H groups in total. The number of methoxy groups -OCH3 is 1. The van der Waals surface area contributed by atoms with Gasteiger partial charge in [-0.2, -0.15) is 0 Å². The van der Waals surface area contributed by atoms with E-state index in [1.54, 1.807) is 13.3 Å². The topological polar surface area (TPSA) is 51.4 Å². The summed E-state index contributed by atoms with van der Waals surface area (Å²) < 4.78 is 5.28. The Morgan fingerprint density at radius 1 is 1.22 bits per heavy atom. The smallest absolute Gasteiger partial charge is 0.118 e. The summed E-state index contributed by atoms with van der Waals surface area (Å²) in [6, 6.07) is 12.0. The fourth-order valence-corrected chi connectivity index (χ4v) is 3.64. The third kappa shape index (κ3) is 4.55. The lowest BCUT2D eigenvalue weighted by atomic mass is 9.94. The van der Waals surface area contributed by atoms with Crippen molar-refractivity contribution in [2.75, 3.05) is 7.11 Å². The summed E-state index contributed by atoms with van der Waals surface area (Å²) in [5.74, 6) is 0.825. The van der Waals surface area contributed by atoms with Gasteiger partial charge in [0.25, 0.3) is 0 Å². The van der Waals surface area contributed by atoms with Crippen molar-refractivity contribution in [1.29, 1.82) is 0 Å². The molecule has 0 saturated carbocycles. The largest absolute Gasteiger partial charge is 0.497 e. The number of allylic oxidation sites excluding steroid dienone is 1. The molecule has 3 rings (SSSR count). The molecule has 0 amide bonds. The predicted molar refractivity (Wildman–Crippen MR) is 114 cm³/mol. The fraction of sp³-hybridized carbons (Fsp3) is 0.273. The summed E-state index contributed by atoms with van der Waals surface area (Å²) in [7, 11) is 1.67. The van der Waals surface area contributed by atoms with Crippen LogP contribution in [0.25, 0.3) is 5.70 Å². The first kappa shape index (κ1) is 19.1. The zero-order valence-corrected chi connectivity index (χ0v) is 16.5. The van der Waals surface area contributed by atoms with Crippen molar-refractivity contribution >= 4 is 22.9 Å². The molecule has 1 aromatic carbocycles. The van der Waals surface area contributed by atoms with Gasteiger partial charge in [-0.1, -0.05) is 24.9 Å². The third-order valence-electron chi connectivity index (χ3n) is 4.87. The van der Waals surface area contributed by atoms with E-state index in [1.807, 2.05) is 36.5 Å². The molecule has 140 valence electrons. The van der Waals surface area contributed by atoms with Gasteiger partial charge in [0.15, 0.2) is 0 Å². The monoisotopic (exact) mass is 379 g/mol. The number of benzene rings is 1. The van der Waals surface area contributed by atoms with Gasteiger partial charge >= 0.3 is 0 Å². The number of aromatic nitrogens is 1. The van der Waals surface area contributed by atoms with Crippen molar-refractivity contribution in [2.24, 2.45) is 5.73 Å². The lowest BCUT2D eigenvalue weighted by molar-refractivity contribution is 0.414. The molecule has 1 heterocycles. The van der Waals surface area contributed by atoms with Crippen LogP contribution in [0.5, 0.6) is 5.75 Å². The molecule has 0 fully saturated rings. The minimum absolute atomic E-state index is 0.489. The molecule has 27 heavy (non-hydrogen) atoms. The average molecular weight is 380 g/mol. The number of nitrogens with zero attached hydrogens (tertiary/aromatic N) is 2. The molecule has 2 aromatic rings. The highest BCUT2D eigenvalue weighted by Gasteiger charge is 2.23. The van der Waals surface area contributed by atoms with Gasteiger partial charge in [-0.3, -0.25) is 4.98 Å². The van der Waals surface area contributed by atoms with Gasteiger partial charge in [0, 0.05) is 35.9 Å². The van der Waals surface area contributed by atoms with Crippen LogP contribution in [0.3, 0.4) is 0 Å². The molecule has 0 aliphatic heterocycles. The van der Waals surface area contributed by atoms with Gasteiger partial charge in [-0.25, -0.2) is 0 Å². The van der Waals surface area contributed by atoms with Gasteiger partial charge in [0.2, 0.25) is 0 Å². The number of hydrogen-bond donors (Lipinski definition) is 1. The van der Waals surface area contributed by atoms with Crippen molar-refractivity contribution in [2.45, 2.75) is 32.2 Å². The quantitative estimate of drug-likeness (QED) is 0.708. The molecule has 1 aliphatic carbocycles.